The van der Waals surface area contributed by atoms with Crippen LogP contribution in [-0.4, -0.2) is 36.4 Å². The van der Waals surface area contributed by atoms with Crippen LogP contribution in [0.3, 0.4) is 0 Å². The highest BCUT2D eigenvalue weighted by Crippen LogP contribution is 2.22. The third-order valence-electron chi connectivity index (χ3n) is 1.44. The van der Waals surface area contributed by atoms with Crippen molar-refractivity contribution < 1.29 is 9.59 Å². The Morgan fingerprint density at radius 1 is 1.36 bits per heavy atom. The van der Waals surface area contributed by atoms with E-state index in [1.165, 1.54) is 21.6 Å². The van der Waals surface area contributed by atoms with E-state index < -0.39 is 0 Å². The van der Waals surface area contributed by atoms with Crippen LogP contribution in [0.1, 0.15) is 6.42 Å². The van der Waals surface area contributed by atoms with E-state index >= 15 is 0 Å². The molecule has 5 nitrogen and oxygen atoms in total. The fourth-order valence-electron chi connectivity index (χ4n) is 0.625. The summed E-state index contributed by atoms with van der Waals surface area (Å²) in [5.74, 6) is 0.582. The van der Waals surface area contributed by atoms with Crippen LogP contribution in [-0.2, 0) is 9.59 Å². The zero-order chi connectivity index (χ0) is 11.0. The van der Waals surface area contributed by atoms with Crippen LogP contribution in [0.15, 0.2) is 0 Å². The molecule has 14 heavy (non-hydrogen) atoms. The Labute approximate surface area is 91.1 Å². The predicted molar refractivity (Wildman–Crippen MR) is 60.8 cm³/mol. The Morgan fingerprint density at radius 3 is 2.43 bits per heavy atom. The van der Waals surface area contributed by atoms with Gasteiger partial charge in [-0.2, -0.15) is 0 Å². The van der Waals surface area contributed by atoms with Crippen molar-refractivity contribution in [2.75, 3.05) is 18.6 Å². The monoisotopic (exact) mass is 237 g/mol. The second kappa shape index (κ2) is 7.95. The largest absolute Gasteiger partial charge is 0.370 e. The number of hydrogen-bond donors (Lipinski definition) is 3. The van der Waals surface area contributed by atoms with Gasteiger partial charge in [0.15, 0.2) is 0 Å². The van der Waals surface area contributed by atoms with Gasteiger partial charge in [-0.15, -0.1) is 0 Å². The van der Waals surface area contributed by atoms with Gasteiger partial charge in [-0.1, -0.05) is 21.6 Å². The lowest BCUT2D eigenvalue weighted by Gasteiger charge is -2.10. The molecule has 0 fully saturated rings. The van der Waals surface area contributed by atoms with Crippen molar-refractivity contribution >= 4 is 33.4 Å². The summed E-state index contributed by atoms with van der Waals surface area (Å²) >= 11 is 0. The van der Waals surface area contributed by atoms with Gasteiger partial charge in [-0.25, -0.2) is 0 Å². The summed E-state index contributed by atoms with van der Waals surface area (Å²) in [4.78, 5) is 21.1. The van der Waals surface area contributed by atoms with Gasteiger partial charge in [0, 0.05) is 17.9 Å². The molecule has 0 saturated carbocycles. The van der Waals surface area contributed by atoms with Gasteiger partial charge in [0.05, 0.1) is 6.04 Å². The van der Waals surface area contributed by atoms with Gasteiger partial charge in [-0.3, -0.25) is 9.59 Å². The average Bonchev–Trinajstić information content (AvgIpc) is 2.10. The van der Waals surface area contributed by atoms with Gasteiger partial charge in [0.1, 0.15) is 0 Å². The molecule has 0 radical (unpaired) electrons. The normalized spacial score (nSPS) is 12.4. The Balaban J connectivity index is 3.42. The maximum Gasteiger partial charge on any atom is 0.235 e. The highest BCUT2D eigenvalue weighted by Gasteiger charge is 2.11. The molecule has 0 saturated heterocycles. The smallest absolute Gasteiger partial charge is 0.235 e. The molecule has 0 aromatic heterocycles. The van der Waals surface area contributed by atoms with E-state index in [0.717, 1.165) is 0 Å². The molecule has 0 aliphatic carbocycles. The lowest BCUT2D eigenvalue weighted by Crippen LogP contribution is -2.40. The average molecular weight is 237 g/mol. The number of carbonyl (C=O) groups excluding carboxylic acids is 2. The number of carbonyl (C=O) groups is 2. The zero-order valence-electron chi connectivity index (χ0n) is 7.99. The van der Waals surface area contributed by atoms with Crippen molar-refractivity contribution in [3.63, 3.8) is 0 Å². The van der Waals surface area contributed by atoms with Crippen LogP contribution in [0, 0.1) is 0 Å². The first kappa shape index (κ1) is 13.6. The molecule has 82 valence electrons. The van der Waals surface area contributed by atoms with Crippen molar-refractivity contribution in [2.45, 2.75) is 12.5 Å². The maximum atomic E-state index is 10.8. The fourth-order valence-corrected chi connectivity index (χ4v) is 2.89. The quantitative estimate of drug-likeness (QED) is 0.384. The Kier molecular flexibility index (Phi) is 7.73. The number of nitrogens with two attached hydrogens (primary N) is 2. The summed E-state index contributed by atoms with van der Waals surface area (Å²) in [6, 6.07) is -0.318. The number of rotatable bonds is 8. The Hall–Kier alpha value is -0.400. The van der Waals surface area contributed by atoms with E-state index in [9.17, 15) is 9.59 Å². The number of nitrogens with one attached hydrogen (secondary N) is 1. The first-order valence-corrected chi connectivity index (χ1v) is 6.56. The SMILES string of the molecule is CNC(CSSCCC(N)=O)C(N)=O. The van der Waals surface area contributed by atoms with Crippen molar-refractivity contribution in [1.29, 1.82) is 0 Å². The Bertz CT molecular complexity index is 201. The van der Waals surface area contributed by atoms with E-state index in [0.29, 0.717) is 17.9 Å². The molecule has 1 atom stereocenters. The molecule has 0 rings (SSSR count). The second-order valence-electron chi connectivity index (χ2n) is 2.57. The molecule has 0 aromatic carbocycles. The second-order valence-corrected chi connectivity index (χ2v) is 5.19. The highest BCUT2D eigenvalue weighted by atomic mass is 33.1. The summed E-state index contributed by atoms with van der Waals surface area (Å²) in [5.41, 5.74) is 10.1. The topological polar surface area (TPSA) is 98.2 Å². The van der Waals surface area contributed by atoms with Gasteiger partial charge in [0.2, 0.25) is 11.8 Å². The van der Waals surface area contributed by atoms with Crippen LogP contribution in [0.5, 0.6) is 0 Å². The number of hydrogen-bond acceptors (Lipinski definition) is 5. The molecule has 0 spiro atoms. The van der Waals surface area contributed by atoms with Crippen LogP contribution in [0.4, 0.5) is 0 Å². The summed E-state index contributed by atoms with van der Waals surface area (Å²) in [6.07, 6.45) is 0.360. The van der Waals surface area contributed by atoms with Crippen molar-refractivity contribution in [1.82, 2.24) is 5.32 Å². The molecule has 0 aliphatic rings. The third kappa shape index (κ3) is 7.05. The van der Waals surface area contributed by atoms with Crippen molar-refractivity contribution in [3.05, 3.63) is 0 Å². The van der Waals surface area contributed by atoms with E-state index in [-0.39, 0.29) is 17.9 Å². The molecule has 0 aliphatic heterocycles. The molecular formula is C7H15N3O2S2. The third-order valence-corrected chi connectivity index (χ3v) is 3.86. The minimum absolute atomic E-state index is 0.307. The summed E-state index contributed by atoms with van der Waals surface area (Å²) in [7, 11) is 4.70. The maximum absolute atomic E-state index is 10.8. The van der Waals surface area contributed by atoms with Crippen LogP contribution in [0.2, 0.25) is 0 Å². The standard InChI is InChI=1S/C7H15N3O2S2/c1-10-5(7(9)12)4-14-13-3-2-6(8)11/h5,10H,2-4H2,1H3,(H2,8,11)(H2,9,12). The van der Waals surface area contributed by atoms with E-state index in [1.54, 1.807) is 7.05 Å². The number of amides is 2. The zero-order valence-corrected chi connectivity index (χ0v) is 9.62. The van der Waals surface area contributed by atoms with Crippen LogP contribution < -0.4 is 16.8 Å². The van der Waals surface area contributed by atoms with E-state index in [2.05, 4.69) is 5.32 Å². The molecule has 5 N–H and O–H groups in total. The summed E-state index contributed by atoms with van der Waals surface area (Å²) in [6.45, 7) is 0. The fraction of sp³-hybridized carbons (Fsp3) is 0.714. The minimum atomic E-state index is -0.365. The molecular weight excluding hydrogens is 222 g/mol. The lowest BCUT2D eigenvalue weighted by atomic mass is 10.3. The lowest BCUT2D eigenvalue weighted by molar-refractivity contribution is -0.119. The highest BCUT2D eigenvalue weighted by molar-refractivity contribution is 8.76. The van der Waals surface area contributed by atoms with Gasteiger partial charge >= 0.3 is 0 Å². The van der Waals surface area contributed by atoms with Crippen molar-refractivity contribution in [2.24, 2.45) is 11.5 Å². The summed E-state index contributed by atoms with van der Waals surface area (Å²) < 4.78 is 0. The van der Waals surface area contributed by atoms with Gasteiger partial charge in [0.25, 0.3) is 0 Å². The molecule has 0 heterocycles. The number of likely N-dealkylation sites (N-methyl/N-ethyl adjacent to an activating group) is 1. The molecule has 1 unspecified atom stereocenters. The molecule has 7 heteroatoms. The number of primary amides is 2. The first-order chi connectivity index (χ1) is 6.57. The Morgan fingerprint density at radius 2 is 2.00 bits per heavy atom. The molecule has 2 amide bonds. The van der Waals surface area contributed by atoms with Gasteiger partial charge < -0.3 is 16.8 Å². The van der Waals surface area contributed by atoms with Crippen LogP contribution in [0.25, 0.3) is 0 Å². The minimum Gasteiger partial charge on any atom is -0.370 e. The molecule has 0 bridgehead atoms. The van der Waals surface area contributed by atoms with E-state index in [4.69, 9.17) is 11.5 Å². The van der Waals surface area contributed by atoms with E-state index in [1.807, 2.05) is 0 Å². The first-order valence-electron chi connectivity index (χ1n) is 4.07. The predicted octanol–water partition coefficient (Wildman–Crippen LogP) is -0.683. The summed E-state index contributed by atoms with van der Waals surface area (Å²) in [5, 5.41) is 2.80. The molecule has 0 aromatic rings. The van der Waals surface area contributed by atoms with Crippen molar-refractivity contribution in [3.8, 4) is 0 Å². The van der Waals surface area contributed by atoms with Gasteiger partial charge in [-0.05, 0) is 7.05 Å². The van der Waals surface area contributed by atoms with Crippen LogP contribution >= 0.6 is 21.6 Å².